The van der Waals surface area contributed by atoms with Crippen molar-refractivity contribution >= 4 is 15.9 Å². The largest absolute Gasteiger partial charge is 0.493 e. The van der Waals surface area contributed by atoms with Crippen LogP contribution in [0.5, 0.6) is 5.75 Å². The summed E-state index contributed by atoms with van der Waals surface area (Å²) in [6, 6.07) is 1.04. The average molecular weight is 280 g/mol. The summed E-state index contributed by atoms with van der Waals surface area (Å²) in [7, 11) is 1.30. The summed E-state index contributed by atoms with van der Waals surface area (Å²) in [6.45, 7) is 1.94. The van der Waals surface area contributed by atoms with Gasteiger partial charge >= 0.3 is 0 Å². The van der Waals surface area contributed by atoms with Gasteiger partial charge in [-0.15, -0.1) is 0 Å². The van der Waals surface area contributed by atoms with Crippen LogP contribution in [0.2, 0.25) is 0 Å². The molecule has 0 saturated carbocycles. The number of hydrogen-bond donors (Lipinski definition) is 1. The highest BCUT2D eigenvalue weighted by Gasteiger charge is 2.21. The zero-order chi connectivity index (χ0) is 11.6. The number of nitrogens with two attached hydrogens (primary N) is 1. The van der Waals surface area contributed by atoms with Crippen LogP contribution in [0.15, 0.2) is 10.5 Å². The van der Waals surface area contributed by atoms with E-state index in [0.29, 0.717) is 0 Å². The summed E-state index contributed by atoms with van der Waals surface area (Å²) < 4.78 is 32.1. The maximum Gasteiger partial charge on any atom is 0.166 e. The Kier molecular flexibility index (Phi) is 4.04. The zero-order valence-electron chi connectivity index (χ0n) is 8.48. The third-order valence-electron chi connectivity index (χ3n) is 2.21. The van der Waals surface area contributed by atoms with Crippen molar-refractivity contribution in [3.8, 4) is 5.75 Å². The molecule has 0 aliphatic carbocycles. The maximum atomic E-state index is 13.7. The molecule has 1 rings (SSSR count). The van der Waals surface area contributed by atoms with Gasteiger partial charge in [-0.05, 0) is 28.5 Å². The molecular weight excluding hydrogens is 268 g/mol. The van der Waals surface area contributed by atoms with Gasteiger partial charge in [-0.1, -0.05) is 6.92 Å². The molecule has 15 heavy (non-hydrogen) atoms. The lowest BCUT2D eigenvalue weighted by Crippen LogP contribution is -2.13. The fourth-order valence-electron chi connectivity index (χ4n) is 1.36. The number of rotatable bonds is 3. The topological polar surface area (TPSA) is 35.2 Å². The Hall–Kier alpha value is -0.680. The Balaban J connectivity index is 3.43. The fraction of sp³-hybridized carbons (Fsp3) is 0.400. The molecule has 0 heterocycles. The van der Waals surface area contributed by atoms with Gasteiger partial charge in [-0.25, -0.2) is 8.78 Å². The van der Waals surface area contributed by atoms with Crippen LogP contribution < -0.4 is 10.5 Å². The number of hydrogen-bond acceptors (Lipinski definition) is 2. The summed E-state index contributed by atoms with van der Waals surface area (Å²) >= 11 is 2.95. The Labute approximate surface area is 95.5 Å². The van der Waals surface area contributed by atoms with Crippen molar-refractivity contribution in [1.82, 2.24) is 0 Å². The molecule has 1 aromatic carbocycles. The fourth-order valence-corrected chi connectivity index (χ4v) is 1.78. The van der Waals surface area contributed by atoms with Gasteiger partial charge in [0.1, 0.15) is 5.82 Å². The van der Waals surface area contributed by atoms with E-state index in [4.69, 9.17) is 10.5 Å². The molecule has 2 N–H and O–H groups in total. The second kappa shape index (κ2) is 4.90. The molecule has 0 aromatic heterocycles. The predicted octanol–water partition coefficient (Wildman–Crippen LogP) is 2.80. The van der Waals surface area contributed by atoms with Gasteiger partial charge in [0.25, 0.3) is 0 Å². The maximum absolute atomic E-state index is 13.7. The van der Waals surface area contributed by atoms with Crippen LogP contribution in [0.25, 0.3) is 0 Å². The molecule has 0 radical (unpaired) electrons. The van der Waals surface area contributed by atoms with Crippen molar-refractivity contribution in [3.05, 3.63) is 27.7 Å². The van der Waals surface area contributed by atoms with Crippen LogP contribution in [0.1, 0.15) is 18.4 Å². The van der Waals surface area contributed by atoms with E-state index in [1.54, 1.807) is 6.92 Å². The van der Waals surface area contributed by atoms with Gasteiger partial charge in [0, 0.05) is 11.5 Å². The molecule has 0 spiro atoms. The number of benzene rings is 1. The summed E-state index contributed by atoms with van der Waals surface area (Å²) in [5.74, 6) is -1.49. The van der Waals surface area contributed by atoms with Gasteiger partial charge in [0.2, 0.25) is 0 Å². The Bertz CT molecular complexity index is 371. The minimum absolute atomic E-state index is 0.0753. The first-order valence-electron chi connectivity index (χ1n) is 4.44. The van der Waals surface area contributed by atoms with Gasteiger partial charge in [0.15, 0.2) is 11.6 Å². The molecule has 2 nitrogen and oxygen atoms in total. The lowest BCUT2D eigenvalue weighted by atomic mass is 9.99. The molecule has 0 bridgehead atoms. The van der Waals surface area contributed by atoms with Crippen molar-refractivity contribution < 1.29 is 13.5 Å². The molecule has 1 atom stereocenters. The second-order valence-electron chi connectivity index (χ2n) is 3.24. The third-order valence-corrected chi connectivity index (χ3v) is 2.79. The predicted molar refractivity (Wildman–Crippen MR) is 58.1 cm³/mol. The standard InChI is InChI=1S/C10H12BrF2NO/c1-5(4-14)8-9(13)6(11)3-7(12)10(8)15-2/h3,5H,4,14H2,1-2H3. The smallest absolute Gasteiger partial charge is 0.166 e. The third kappa shape index (κ3) is 2.29. The van der Waals surface area contributed by atoms with Crippen LogP contribution in [0.3, 0.4) is 0 Å². The molecular formula is C10H12BrF2NO. The number of ether oxygens (including phenoxy) is 1. The highest BCUT2D eigenvalue weighted by atomic mass is 79.9. The van der Waals surface area contributed by atoms with Crippen molar-refractivity contribution in [2.75, 3.05) is 13.7 Å². The van der Waals surface area contributed by atoms with Crippen LogP contribution in [0.4, 0.5) is 8.78 Å². The van der Waals surface area contributed by atoms with E-state index < -0.39 is 11.6 Å². The van der Waals surface area contributed by atoms with Crippen LogP contribution >= 0.6 is 15.9 Å². The molecule has 0 aliphatic heterocycles. The Morgan fingerprint density at radius 3 is 2.60 bits per heavy atom. The molecule has 84 valence electrons. The molecule has 1 unspecified atom stereocenters. The van der Waals surface area contributed by atoms with Crippen molar-refractivity contribution in [2.24, 2.45) is 5.73 Å². The van der Waals surface area contributed by atoms with Crippen molar-refractivity contribution in [2.45, 2.75) is 12.8 Å². The van der Waals surface area contributed by atoms with E-state index in [9.17, 15) is 8.78 Å². The van der Waals surface area contributed by atoms with Crippen molar-refractivity contribution in [1.29, 1.82) is 0 Å². The first-order valence-corrected chi connectivity index (χ1v) is 5.23. The Morgan fingerprint density at radius 1 is 1.53 bits per heavy atom. The van der Waals surface area contributed by atoms with Crippen LogP contribution in [-0.4, -0.2) is 13.7 Å². The lowest BCUT2D eigenvalue weighted by Gasteiger charge is -2.16. The number of methoxy groups -OCH3 is 1. The number of halogens is 3. The molecule has 5 heteroatoms. The zero-order valence-corrected chi connectivity index (χ0v) is 10.1. The summed E-state index contributed by atoms with van der Waals surface area (Å²) in [5, 5.41) is 0. The highest BCUT2D eigenvalue weighted by Crippen LogP contribution is 2.35. The minimum Gasteiger partial charge on any atom is -0.493 e. The lowest BCUT2D eigenvalue weighted by molar-refractivity contribution is 0.372. The molecule has 0 saturated heterocycles. The first-order chi connectivity index (χ1) is 7.02. The van der Waals surface area contributed by atoms with E-state index in [2.05, 4.69) is 15.9 Å². The van der Waals surface area contributed by atoms with E-state index >= 15 is 0 Å². The van der Waals surface area contributed by atoms with E-state index in [0.717, 1.165) is 6.07 Å². The van der Waals surface area contributed by atoms with Gasteiger partial charge < -0.3 is 10.5 Å². The van der Waals surface area contributed by atoms with Gasteiger partial charge in [0.05, 0.1) is 11.6 Å². The van der Waals surface area contributed by atoms with E-state index in [-0.39, 0.29) is 28.2 Å². The summed E-state index contributed by atoms with van der Waals surface area (Å²) in [6.07, 6.45) is 0. The summed E-state index contributed by atoms with van der Waals surface area (Å²) in [4.78, 5) is 0. The Morgan fingerprint density at radius 2 is 2.13 bits per heavy atom. The molecule has 0 aliphatic rings. The minimum atomic E-state index is -0.596. The molecule has 0 fully saturated rings. The highest BCUT2D eigenvalue weighted by molar-refractivity contribution is 9.10. The first kappa shape index (κ1) is 12.4. The monoisotopic (exact) mass is 279 g/mol. The van der Waals surface area contributed by atoms with Gasteiger partial charge in [-0.3, -0.25) is 0 Å². The van der Waals surface area contributed by atoms with Crippen LogP contribution in [0, 0.1) is 11.6 Å². The normalized spacial score (nSPS) is 12.7. The summed E-state index contributed by atoms with van der Waals surface area (Å²) in [5.41, 5.74) is 5.61. The second-order valence-corrected chi connectivity index (χ2v) is 4.09. The van der Waals surface area contributed by atoms with Crippen LogP contribution in [-0.2, 0) is 0 Å². The van der Waals surface area contributed by atoms with E-state index in [1.807, 2.05) is 0 Å². The van der Waals surface area contributed by atoms with E-state index in [1.165, 1.54) is 7.11 Å². The molecule has 1 aromatic rings. The quantitative estimate of drug-likeness (QED) is 0.864. The van der Waals surface area contributed by atoms with Crippen molar-refractivity contribution in [3.63, 3.8) is 0 Å². The SMILES string of the molecule is COc1c(F)cc(Br)c(F)c1C(C)CN. The molecule has 0 amide bonds. The van der Waals surface area contributed by atoms with Gasteiger partial charge in [-0.2, -0.15) is 0 Å². The average Bonchev–Trinajstić information content (AvgIpc) is 2.21.